The van der Waals surface area contributed by atoms with E-state index >= 15 is 0 Å². The smallest absolute Gasteiger partial charge is 0.191 e. The molecule has 2 rings (SSSR count). The Morgan fingerprint density at radius 3 is 2.64 bits per heavy atom. The van der Waals surface area contributed by atoms with Crippen LogP contribution in [-0.4, -0.2) is 46.0 Å². The molecule has 0 amide bonds. The third-order valence-corrected chi connectivity index (χ3v) is 4.33. The fourth-order valence-electron chi connectivity index (χ4n) is 2.61. The SMILES string of the molecule is CN=C(NCc1cc(Cl)c2c(c1)OCCO2)NCC(OC)C(C)(C)C. The van der Waals surface area contributed by atoms with E-state index < -0.39 is 0 Å². The van der Waals surface area contributed by atoms with E-state index in [1.807, 2.05) is 12.1 Å². The van der Waals surface area contributed by atoms with Gasteiger partial charge in [-0.05, 0) is 23.1 Å². The number of rotatable bonds is 5. The zero-order valence-electron chi connectivity index (χ0n) is 15.6. The maximum absolute atomic E-state index is 6.27. The van der Waals surface area contributed by atoms with Crippen LogP contribution < -0.4 is 20.1 Å². The lowest BCUT2D eigenvalue weighted by molar-refractivity contribution is 0.0205. The Kier molecular flexibility index (Phi) is 6.79. The molecular formula is C18H28ClN3O3. The predicted molar refractivity (Wildman–Crippen MR) is 101 cm³/mol. The summed E-state index contributed by atoms with van der Waals surface area (Å²) in [5, 5.41) is 7.14. The van der Waals surface area contributed by atoms with Crippen molar-refractivity contribution in [1.29, 1.82) is 0 Å². The Balaban J connectivity index is 1.94. The van der Waals surface area contributed by atoms with Gasteiger partial charge in [0.2, 0.25) is 0 Å². The second-order valence-electron chi connectivity index (χ2n) is 7.00. The minimum absolute atomic E-state index is 0.0456. The molecule has 1 aromatic rings. The molecule has 2 N–H and O–H groups in total. The van der Waals surface area contributed by atoms with Crippen molar-refractivity contribution in [2.75, 3.05) is 33.9 Å². The van der Waals surface area contributed by atoms with E-state index in [9.17, 15) is 0 Å². The lowest BCUT2D eigenvalue weighted by Gasteiger charge is -2.30. The van der Waals surface area contributed by atoms with Gasteiger partial charge in [0.05, 0.1) is 11.1 Å². The molecule has 6 nitrogen and oxygen atoms in total. The lowest BCUT2D eigenvalue weighted by Crippen LogP contribution is -2.45. The summed E-state index contributed by atoms with van der Waals surface area (Å²) >= 11 is 6.27. The molecule has 1 atom stereocenters. The number of hydrogen-bond acceptors (Lipinski definition) is 4. The van der Waals surface area contributed by atoms with Crippen LogP contribution in [0.25, 0.3) is 0 Å². The standard InChI is InChI=1S/C18H28ClN3O3/c1-18(2,3)15(23-5)11-22-17(20-4)21-10-12-8-13(19)16-14(9-12)24-6-7-25-16/h8-9,15H,6-7,10-11H2,1-5H3,(H2,20,21,22). The van der Waals surface area contributed by atoms with Crippen molar-refractivity contribution in [2.24, 2.45) is 10.4 Å². The summed E-state index contributed by atoms with van der Waals surface area (Å²) in [7, 11) is 3.47. The number of nitrogens with one attached hydrogen (secondary N) is 2. The Labute approximate surface area is 154 Å². The van der Waals surface area contributed by atoms with Crippen LogP contribution in [0, 0.1) is 5.41 Å². The van der Waals surface area contributed by atoms with E-state index in [0.29, 0.717) is 48.8 Å². The van der Waals surface area contributed by atoms with Gasteiger partial charge in [-0.25, -0.2) is 0 Å². The minimum Gasteiger partial charge on any atom is -0.486 e. The highest BCUT2D eigenvalue weighted by molar-refractivity contribution is 6.32. The summed E-state index contributed by atoms with van der Waals surface area (Å²) in [6, 6.07) is 3.82. The van der Waals surface area contributed by atoms with Gasteiger partial charge in [0.25, 0.3) is 0 Å². The van der Waals surface area contributed by atoms with Crippen molar-refractivity contribution in [3.8, 4) is 11.5 Å². The fourth-order valence-corrected chi connectivity index (χ4v) is 2.89. The number of ether oxygens (including phenoxy) is 3. The van der Waals surface area contributed by atoms with Crippen molar-refractivity contribution in [3.05, 3.63) is 22.7 Å². The average molecular weight is 370 g/mol. The quantitative estimate of drug-likeness (QED) is 0.617. The molecule has 0 bridgehead atoms. The van der Waals surface area contributed by atoms with E-state index in [2.05, 4.69) is 36.4 Å². The maximum atomic E-state index is 6.27. The van der Waals surface area contributed by atoms with Crippen LogP contribution in [0.3, 0.4) is 0 Å². The highest BCUT2D eigenvalue weighted by atomic mass is 35.5. The van der Waals surface area contributed by atoms with Crippen LogP contribution in [0.1, 0.15) is 26.3 Å². The molecule has 0 saturated carbocycles. The van der Waals surface area contributed by atoms with Gasteiger partial charge in [0.15, 0.2) is 17.5 Å². The molecule has 0 spiro atoms. The number of methoxy groups -OCH3 is 1. The van der Waals surface area contributed by atoms with Crippen LogP contribution in [0.15, 0.2) is 17.1 Å². The minimum atomic E-state index is 0.0456. The molecule has 1 aromatic carbocycles. The normalized spacial score (nSPS) is 15.7. The topological polar surface area (TPSA) is 64.1 Å². The zero-order valence-corrected chi connectivity index (χ0v) is 16.4. The molecular weight excluding hydrogens is 342 g/mol. The Morgan fingerprint density at radius 2 is 2.00 bits per heavy atom. The number of benzene rings is 1. The van der Waals surface area contributed by atoms with E-state index in [4.69, 9.17) is 25.8 Å². The molecule has 1 aliphatic rings. The summed E-state index contributed by atoms with van der Waals surface area (Å²) in [6.45, 7) is 8.75. The van der Waals surface area contributed by atoms with Gasteiger partial charge in [-0.3, -0.25) is 4.99 Å². The maximum Gasteiger partial charge on any atom is 0.191 e. The summed E-state index contributed by atoms with van der Waals surface area (Å²) in [5.41, 5.74) is 1.04. The fraction of sp³-hybridized carbons (Fsp3) is 0.611. The average Bonchev–Trinajstić information content (AvgIpc) is 2.57. The molecule has 140 valence electrons. The molecule has 0 fully saturated rings. The van der Waals surface area contributed by atoms with Crippen LogP contribution in [0.2, 0.25) is 5.02 Å². The third kappa shape index (κ3) is 5.41. The van der Waals surface area contributed by atoms with Gasteiger partial charge in [-0.1, -0.05) is 32.4 Å². The number of hydrogen-bond donors (Lipinski definition) is 2. The summed E-state index contributed by atoms with van der Waals surface area (Å²) < 4.78 is 16.7. The first-order chi connectivity index (χ1) is 11.8. The van der Waals surface area contributed by atoms with Crippen molar-refractivity contribution < 1.29 is 14.2 Å². The Hall–Kier alpha value is -1.66. The van der Waals surface area contributed by atoms with Crippen LogP contribution in [-0.2, 0) is 11.3 Å². The molecule has 0 aliphatic carbocycles. The van der Waals surface area contributed by atoms with Crippen molar-refractivity contribution in [2.45, 2.75) is 33.4 Å². The number of halogens is 1. The number of aliphatic imine (C=N–C) groups is 1. The molecule has 0 radical (unpaired) electrons. The van der Waals surface area contributed by atoms with E-state index in [1.165, 1.54) is 0 Å². The van der Waals surface area contributed by atoms with Crippen molar-refractivity contribution in [1.82, 2.24) is 10.6 Å². The van der Waals surface area contributed by atoms with E-state index in [-0.39, 0.29) is 11.5 Å². The van der Waals surface area contributed by atoms with E-state index in [1.54, 1.807) is 14.2 Å². The first-order valence-electron chi connectivity index (χ1n) is 8.40. The summed E-state index contributed by atoms with van der Waals surface area (Å²) in [5.74, 6) is 2.01. The molecule has 1 heterocycles. The Morgan fingerprint density at radius 1 is 1.28 bits per heavy atom. The third-order valence-electron chi connectivity index (χ3n) is 4.05. The van der Waals surface area contributed by atoms with Crippen LogP contribution in [0.5, 0.6) is 11.5 Å². The van der Waals surface area contributed by atoms with Crippen LogP contribution in [0.4, 0.5) is 0 Å². The van der Waals surface area contributed by atoms with Crippen LogP contribution >= 0.6 is 11.6 Å². The number of fused-ring (bicyclic) bond motifs is 1. The molecule has 25 heavy (non-hydrogen) atoms. The second-order valence-corrected chi connectivity index (χ2v) is 7.41. The first-order valence-corrected chi connectivity index (χ1v) is 8.78. The van der Waals surface area contributed by atoms with Gasteiger partial charge in [0.1, 0.15) is 13.2 Å². The van der Waals surface area contributed by atoms with Gasteiger partial charge < -0.3 is 24.8 Å². The van der Waals surface area contributed by atoms with Crippen molar-refractivity contribution in [3.63, 3.8) is 0 Å². The molecule has 0 saturated heterocycles. The zero-order chi connectivity index (χ0) is 18.4. The van der Waals surface area contributed by atoms with Crippen molar-refractivity contribution >= 4 is 17.6 Å². The number of guanidine groups is 1. The van der Waals surface area contributed by atoms with Gasteiger partial charge >= 0.3 is 0 Å². The molecule has 1 unspecified atom stereocenters. The highest BCUT2D eigenvalue weighted by Crippen LogP contribution is 2.38. The first kappa shape index (κ1) is 19.7. The summed E-state index contributed by atoms with van der Waals surface area (Å²) in [6.07, 6.45) is 0.0785. The lowest BCUT2D eigenvalue weighted by atomic mass is 9.89. The highest BCUT2D eigenvalue weighted by Gasteiger charge is 2.24. The largest absolute Gasteiger partial charge is 0.486 e. The van der Waals surface area contributed by atoms with Gasteiger partial charge in [-0.2, -0.15) is 0 Å². The molecule has 0 aromatic heterocycles. The van der Waals surface area contributed by atoms with Gasteiger partial charge in [0, 0.05) is 27.2 Å². The monoisotopic (exact) mass is 369 g/mol. The Bertz CT molecular complexity index is 614. The second kappa shape index (κ2) is 8.63. The molecule has 7 heteroatoms. The molecule has 1 aliphatic heterocycles. The van der Waals surface area contributed by atoms with Gasteiger partial charge in [-0.15, -0.1) is 0 Å². The van der Waals surface area contributed by atoms with E-state index in [0.717, 1.165) is 5.56 Å². The summed E-state index contributed by atoms with van der Waals surface area (Å²) in [4.78, 5) is 4.25. The predicted octanol–water partition coefficient (Wildman–Crippen LogP) is 2.84. The number of nitrogens with zero attached hydrogens (tertiary/aromatic N) is 1.